The Morgan fingerprint density at radius 1 is 1.50 bits per heavy atom. The molecule has 2 aromatic rings. The molecule has 1 aromatic heterocycles. The van der Waals surface area contributed by atoms with Crippen molar-refractivity contribution in [2.24, 2.45) is 0 Å². The Morgan fingerprint density at radius 3 is 2.94 bits per heavy atom. The maximum absolute atomic E-state index is 12.0. The number of halogens is 1. The van der Waals surface area contributed by atoms with Gasteiger partial charge in [-0.15, -0.1) is 0 Å². The molecule has 3 nitrogen and oxygen atoms in total. The Morgan fingerprint density at radius 2 is 2.31 bits per heavy atom. The lowest BCUT2D eigenvalue weighted by atomic mass is 10.1. The van der Waals surface area contributed by atoms with Crippen LogP contribution < -0.4 is 0 Å². The predicted molar refractivity (Wildman–Crippen MR) is 65.5 cm³/mol. The lowest BCUT2D eigenvalue weighted by Crippen LogP contribution is -2.05. The Kier molecular flexibility index (Phi) is 3.19. The van der Waals surface area contributed by atoms with Gasteiger partial charge in [0.15, 0.2) is 5.78 Å². The molecule has 0 aliphatic rings. The number of nitrogens with zero attached hydrogens (tertiary/aromatic N) is 1. The molecule has 0 amide bonds. The summed E-state index contributed by atoms with van der Waals surface area (Å²) in [4.78, 5) is 18.9. The van der Waals surface area contributed by atoms with E-state index in [1.54, 1.807) is 12.4 Å². The van der Waals surface area contributed by atoms with Crippen LogP contribution >= 0.6 is 15.9 Å². The van der Waals surface area contributed by atoms with E-state index in [0.717, 1.165) is 10.0 Å². The van der Waals surface area contributed by atoms with Crippen molar-refractivity contribution in [3.05, 3.63) is 52.0 Å². The van der Waals surface area contributed by atoms with E-state index in [1.807, 2.05) is 25.1 Å². The molecule has 0 saturated carbocycles. The van der Waals surface area contributed by atoms with Crippen LogP contribution in [0.4, 0.5) is 0 Å². The first-order valence-electron chi connectivity index (χ1n) is 4.94. The van der Waals surface area contributed by atoms with Gasteiger partial charge in [0.1, 0.15) is 5.82 Å². The Hall–Kier alpha value is -1.42. The number of hydrogen-bond donors (Lipinski definition) is 1. The number of rotatable bonds is 3. The first-order valence-corrected chi connectivity index (χ1v) is 5.74. The summed E-state index contributed by atoms with van der Waals surface area (Å²) in [5, 5.41) is 0. The number of aryl methyl sites for hydroxylation is 1. The molecule has 2 rings (SSSR count). The summed E-state index contributed by atoms with van der Waals surface area (Å²) in [6.07, 6.45) is 3.66. The summed E-state index contributed by atoms with van der Waals surface area (Å²) in [5.74, 6) is 0.749. The molecule has 16 heavy (non-hydrogen) atoms. The molecule has 1 N–H and O–H groups in total. The summed E-state index contributed by atoms with van der Waals surface area (Å²) in [5.41, 5.74) is 1.82. The number of Topliss-reactive ketones (excluding diaryl/α,β-unsaturated/α-hetero) is 1. The van der Waals surface area contributed by atoms with Crippen LogP contribution in [0.2, 0.25) is 0 Å². The topological polar surface area (TPSA) is 45.8 Å². The number of carbonyl (C=O) groups is 1. The summed E-state index contributed by atoms with van der Waals surface area (Å²) in [6, 6.07) is 5.71. The molecule has 0 aliphatic carbocycles. The number of aromatic nitrogens is 2. The van der Waals surface area contributed by atoms with Crippen LogP contribution in [-0.2, 0) is 6.42 Å². The van der Waals surface area contributed by atoms with Gasteiger partial charge in [-0.25, -0.2) is 4.98 Å². The molecule has 0 aliphatic heterocycles. The number of imidazole rings is 1. The molecule has 0 spiro atoms. The molecule has 0 atom stereocenters. The monoisotopic (exact) mass is 278 g/mol. The second-order valence-corrected chi connectivity index (χ2v) is 4.47. The standard InChI is InChI=1S/C12H11BrN2O/c1-8-2-3-9(10(13)6-8)11(16)7-12-14-4-5-15-12/h2-6H,7H2,1H3,(H,14,15). The lowest BCUT2D eigenvalue weighted by Gasteiger charge is -2.03. The summed E-state index contributed by atoms with van der Waals surface area (Å²) in [7, 11) is 0. The van der Waals surface area contributed by atoms with E-state index in [2.05, 4.69) is 25.9 Å². The van der Waals surface area contributed by atoms with Gasteiger partial charge in [0.25, 0.3) is 0 Å². The van der Waals surface area contributed by atoms with Gasteiger partial charge in [-0.1, -0.05) is 22.0 Å². The highest BCUT2D eigenvalue weighted by Gasteiger charge is 2.11. The molecule has 4 heteroatoms. The van der Waals surface area contributed by atoms with E-state index in [9.17, 15) is 4.79 Å². The average Bonchev–Trinajstić information content (AvgIpc) is 2.70. The van der Waals surface area contributed by atoms with Crippen molar-refractivity contribution in [1.29, 1.82) is 0 Å². The minimum atomic E-state index is 0.0572. The van der Waals surface area contributed by atoms with Gasteiger partial charge in [0.2, 0.25) is 0 Å². The van der Waals surface area contributed by atoms with Crippen molar-refractivity contribution in [2.45, 2.75) is 13.3 Å². The van der Waals surface area contributed by atoms with Gasteiger partial charge in [0.05, 0.1) is 6.42 Å². The summed E-state index contributed by atoms with van der Waals surface area (Å²) < 4.78 is 0.837. The minimum absolute atomic E-state index is 0.0572. The number of ketones is 1. The number of aromatic amines is 1. The summed E-state index contributed by atoms with van der Waals surface area (Å²) in [6.45, 7) is 1.99. The van der Waals surface area contributed by atoms with E-state index in [4.69, 9.17) is 0 Å². The highest BCUT2D eigenvalue weighted by Crippen LogP contribution is 2.19. The van der Waals surface area contributed by atoms with Crippen molar-refractivity contribution in [2.75, 3.05) is 0 Å². The Balaban J connectivity index is 2.21. The van der Waals surface area contributed by atoms with E-state index < -0.39 is 0 Å². The fourth-order valence-electron chi connectivity index (χ4n) is 1.49. The highest BCUT2D eigenvalue weighted by atomic mass is 79.9. The smallest absolute Gasteiger partial charge is 0.171 e. The van der Waals surface area contributed by atoms with Crippen molar-refractivity contribution < 1.29 is 4.79 Å². The van der Waals surface area contributed by atoms with Crippen molar-refractivity contribution in [3.8, 4) is 0 Å². The fraction of sp³-hybridized carbons (Fsp3) is 0.167. The van der Waals surface area contributed by atoms with Crippen LogP contribution in [0.3, 0.4) is 0 Å². The van der Waals surface area contributed by atoms with Crippen molar-refractivity contribution in [3.63, 3.8) is 0 Å². The Bertz CT molecular complexity index is 506. The van der Waals surface area contributed by atoms with Gasteiger partial charge in [-0.3, -0.25) is 4.79 Å². The first-order chi connectivity index (χ1) is 7.66. The van der Waals surface area contributed by atoms with E-state index in [-0.39, 0.29) is 5.78 Å². The predicted octanol–water partition coefficient (Wildman–Crippen LogP) is 2.91. The first kappa shape index (κ1) is 11.1. The maximum atomic E-state index is 12.0. The van der Waals surface area contributed by atoms with Gasteiger partial charge < -0.3 is 4.98 Å². The van der Waals surface area contributed by atoms with E-state index >= 15 is 0 Å². The van der Waals surface area contributed by atoms with Crippen LogP contribution in [-0.4, -0.2) is 15.8 Å². The molecule has 82 valence electrons. The number of hydrogen-bond acceptors (Lipinski definition) is 2. The maximum Gasteiger partial charge on any atom is 0.171 e. The second-order valence-electron chi connectivity index (χ2n) is 3.62. The van der Waals surface area contributed by atoms with Crippen LogP contribution in [0, 0.1) is 6.92 Å². The fourth-order valence-corrected chi connectivity index (χ4v) is 2.20. The minimum Gasteiger partial charge on any atom is -0.348 e. The molecule has 0 bridgehead atoms. The van der Waals surface area contributed by atoms with Gasteiger partial charge in [0, 0.05) is 22.4 Å². The SMILES string of the molecule is Cc1ccc(C(=O)Cc2ncc[nH]2)c(Br)c1. The van der Waals surface area contributed by atoms with Gasteiger partial charge in [-0.05, 0) is 24.6 Å². The molecular weight excluding hydrogens is 268 g/mol. The van der Waals surface area contributed by atoms with Gasteiger partial charge in [-0.2, -0.15) is 0 Å². The van der Waals surface area contributed by atoms with Crippen LogP contribution in [0.15, 0.2) is 35.1 Å². The van der Waals surface area contributed by atoms with E-state index in [1.165, 1.54) is 0 Å². The molecule has 0 fully saturated rings. The molecule has 1 heterocycles. The molecule has 1 aromatic carbocycles. The zero-order valence-corrected chi connectivity index (χ0v) is 10.4. The number of benzene rings is 1. The van der Waals surface area contributed by atoms with Crippen molar-refractivity contribution in [1.82, 2.24) is 9.97 Å². The summed E-state index contributed by atoms with van der Waals surface area (Å²) >= 11 is 3.40. The Labute approximate surface area is 102 Å². The van der Waals surface area contributed by atoms with Gasteiger partial charge >= 0.3 is 0 Å². The van der Waals surface area contributed by atoms with E-state index in [0.29, 0.717) is 17.8 Å². The number of nitrogens with one attached hydrogen (secondary N) is 1. The average molecular weight is 279 g/mol. The molecule has 0 saturated heterocycles. The lowest BCUT2D eigenvalue weighted by molar-refractivity contribution is 0.0990. The third-order valence-corrected chi connectivity index (χ3v) is 2.96. The third-order valence-electron chi connectivity index (χ3n) is 2.31. The zero-order chi connectivity index (χ0) is 11.5. The normalized spacial score (nSPS) is 10.4. The van der Waals surface area contributed by atoms with Crippen LogP contribution in [0.25, 0.3) is 0 Å². The second kappa shape index (κ2) is 4.61. The number of carbonyl (C=O) groups excluding carboxylic acids is 1. The molecular formula is C12H11BrN2O. The zero-order valence-electron chi connectivity index (χ0n) is 8.83. The quantitative estimate of drug-likeness (QED) is 0.878. The molecule has 0 radical (unpaired) electrons. The van der Waals surface area contributed by atoms with Crippen LogP contribution in [0.5, 0.6) is 0 Å². The van der Waals surface area contributed by atoms with Crippen LogP contribution in [0.1, 0.15) is 21.7 Å². The molecule has 0 unspecified atom stereocenters. The largest absolute Gasteiger partial charge is 0.348 e. The third kappa shape index (κ3) is 2.39. The highest BCUT2D eigenvalue weighted by molar-refractivity contribution is 9.10. The number of H-pyrrole nitrogens is 1. The van der Waals surface area contributed by atoms with Crippen molar-refractivity contribution >= 4 is 21.7 Å².